The van der Waals surface area contributed by atoms with Crippen molar-refractivity contribution in [2.45, 2.75) is 19.6 Å². The van der Waals surface area contributed by atoms with E-state index in [1.165, 1.54) is 13.2 Å². The zero-order valence-corrected chi connectivity index (χ0v) is 20.2. The summed E-state index contributed by atoms with van der Waals surface area (Å²) >= 11 is 0. The van der Waals surface area contributed by atoms with E-state index >= 15 is 0 Å². The molecule has 0 saturated heterocycles. The molecule has 0 fully saturated rings. The molecule has 0 bridgehead atoms. The zero-order valence-electron chi connectivity index (χ0n) is 17.9. The lowest BCUT2D eigenvalue weighted by Crippen LogP contribution is -2.38. The smallest absolute Gasteiger partial charge is 0.387 e. The second-order valence-corrected chi connectivity index (χ2v) is 6.14. The molecule has 10 heteroatoms. The number of aliphatic imine (C=N–C) groups is 1. The molecule has 0 aliphatic rings. The van der Waals surface area contributed by atoms with Crippen LogP contribution in [-0.2, 0) is 13.0 Å². The maximum atomic E-state index is 12.7. The molecule has 2 aromatic rings. The van der Waals surface area contributed by atoms with Crippen LogP contribution in [0.2, 0.25) is 0 Å². The monoisotopic (exact) mass is 551 g/mol. The van der Waals surface area contributed by atoms with Gasteiger partial charge in [0, 0.05) is 25.7 Å². The van der Waals surface area contributed by atoms with Crippen molar-refractivity contribution in [3.8, 4) is 23.0 Å². The predicted molar refractivity (Wildman–Crippen MR) is 126 cm³/mol. The lowest BCUT2D eigenvalue weighted by molar-refractivity contribution is -0.0504. The molecule has 0 atom stereocenters. The summed E-state index contributed by atoms with van der Waals surface area (Å²) in [5.41, 5.74) is 1.59. The van der Waals surface area contributed by atoms with Gasteiger partial charge in [0.1, 0.15) is 11.5 Å². The van der Waals surface area contributed by atoms with Crippen LogP contribution in [0.1, 0.15) is 11.1 Å². The van der Waals surface area contributed by atoms with Gasteiger partial charge in [-0.05, 0) is 42.3 Å². The Morgan fingerprint density at radius 2 is 1.65 bits per heavy atom. The molecule has 0 saturated carbocycles. The second-order valence-electron chi connectivity index (χ2n) is 6.14. The molecule has 2 aromatic carbocycles. The van der Waals surface area contributed by atoms with Crippen molar-refractivity contribution in [1.82, 2.24) is 10.6 Å². The predicted octanol–water partition coefficient (Wildman–Crippen LogP) is 3.84. The third-order valence-electron chi connectivity index (χ3n) is 4.31. The molecule has 0 aliphatic heterocycles. The van der Waals surface area contributed by atoms with E-state index in [-0.39, 0.29) is 36.3 Å². The highest BCUT2D eigenvalue weighted by molar-refractivity contribution is 14.0. The van der Waals surface area contributed by atoms with E-state index in [0.717, 1.165) is 12.0 Å². The lowest BCUT2D eigenvalue weighted by Gasteiger charge is -2.15. The fourth-order valence-electron chi connectivity index (χ4n) is 2.79. The van der Waals surface area contributed by atoms with Crippen LogP contribution in [0.5, 0.6) is 23.0 Å². The molecule has 0 spiro atoms. The first-order valence-corrected chi connectivity index (χ1v) is 9.27. The van der Waals surface area contributed by atoms with E-state index in [1.807, 2.05) is 18.2 Å². The van der Waals surface area contributed by atoms with Crippen LogP contribution in [0.3, 0.4) is 0 Å². The largest absolute Gasteiger partial charge is 0.497 e. The van der Waals surface area contributed by atoms with Crippen LogP contribution in [0, 0.1) is 0 Å². The van der Waals surface area contributed by atoms with Crippen molar-refractivity contribution in [1.29, 1.82) is 0 Å². The van der Waals surface area contributed by atoms with E-state index in [0.29, 0.717) is 35.3 Å². The molecule has 31 heavy (non-hydrogen) atoms. The summed E-state index contributed by atoms with van der Waals surface area (Å²) in [6, 6.07) is 10.4. The van der Waals surface area contributed by atoms with Crippen LogP contribution < -0.4 is 29.6 Å². The molecule has 2 N–H and O–H groups in total. The highest BCUT2D eigenvalue weighted by Gasteiger charge is 2.12. The molecular formula is C21H28F2IN3O4. The van der Waals surface area contributed by atoms with Crippen LogP contribution >= 0.6 is 24.0 Å². The third-order valence-corrected chi connectivity index (χ3v) is 4.31. The first-order valence-electron chi connectivity index (χ1n) is 9.27. The number of nitrogens with zero attached hydrogens (tertiary/aromatic N) is 1. The average Bonchev–Trinajstić information content (AvgIpc) is 2.76. The van der Waals surface area contributed by atoms with Crippen molar-refractivity contribution in [2.24, 2.45) is 4.99 Å². The molecule has 172 valence electrons. The van der Waals surface area contributed by atoms with Gasteiger partial charge in [-0.25, -0.2) is 0 Å². The molecule has 0 aromatic heterocycles. The van der Waals surface area contributed by atoms with Crippen LogP contribution in [0.25, 0.3) is 0 Å². The van der Waals surface area contributed by atoms with E-state index in [2.05, 4.69) is 20.4 Å². The van der Waals surface area contributed by atoms with Gasteiger partial charge in [-0.15, -0.1) is 24.0 Å². The van der Waals surface area contributed by atoms with E-state index in [4.69, 9.17) is 14.2 Å². The normalized spacial score (nSPS) is 10.9. The SMILES string of the molecule is CN=C(NCCc1ccc(OC)c(OC)c1)NCc1cc(OC)ccc1OC(F)F.I. The highest BCUT2D eigenvalue weighted by Crippen LogP contribution is 2.28. The van der Waals surface area contributed by atoms with Crippen molar-refractivity contribution in [2.75, 3.05) is 34.9 Å². The molecule has 2 rings (SSSR count). The number of halogens is 3. The van der Waals surface area contributed by atoms with Crippen LogP contribution in [0.4, 0.5) is 8.78 Å². The number of alkyl halides is 2. The first kappa shape index (κ1) is 26.5. The standard InChI is InChI=1S/C21H27F2N3O4.HI/c1-24-21(25-10-9-14-5-7-18(28-3)19(11-14)29-4)26-13-15-12-16(27-2)6-8-17(15)30-20(22)23;/h5-8,11-12,20H,9-10,13H2,1-4H3,(H2,24,25,26);1H. The zero-order chi connectivity index (χ0) is 21.9. The van der Waals surface area contributed by atoms with Gasteiger partial charge in [-0.2, -0.15) is 8.78 Å². The summed E-state index contributed by atoms with van der Waals surface area (Å²) in [6.07, 6.45) is 0.722. The van der Waals surface area contributed by atoms with Crippen molar-refractivity contribution < 1.29 is 27.7 Å². The van der Waals surface area contributed by atoms with Gasteiger partial charge in [-0.3, -0.25) is 4.99 Å². The van der Waals surface area contributed by atoms with Gasteiger partial charge in [0.05, 0.1) is 21.3 Å². The van der Waals surface area contributed by atoms with Gasteiger partial charge in [0.2, 0.25) is 0 Å². The number of guanidine groups is 1. The maximum Gasteiger partial charge on any atom is 0.387 e. The van der Waals surface area contributed by atoms with Crippen molar-refractivity contribution >= 4 is 29.9 Å². The molecular weight excluding hydrogens is 523 g/mol. The quantitative estimate of drug-likeness (QED) is 0.266. The molecule has 0 aliphatic carbocycles. The Bertz CT molecular complexity index is 853. The van der Waals surface area contributed by atoms with E-state index < -0.39 is 6.61 Å². The van der Waals surface area contributed by atoms with E-state index in [9.17, 15) is 8.78 Å². The molecule has 7 nitrogen and oxygen atoms in total. The number of nitrogens with one attached hydrogen (secondary N) is 2. The minimum Gasteiger partial charge on any atom is -0.497 e. The molecule has 0 amide bonds. The number of hydrogen-bond acceptors (Lipinski definition) is 5. The Kier molecular flexibility index (Phi) is 11.8. The second kappa shape index (κ2) is 13.7. The van der Waals surface area contributed by atoms with Gasteiger partial charge < -0.3 is 29.6 Å². The molecule has 0 unspecified atom stereocenters. The number of hydrogen-bond donors (Lipinski definition) is 2. The molecule has 0 radical (unpaired) electrons. The minimum atomic E-state index is -2.91. The average molecular weight is 551 g/mol. The fourth-order valence-corrected chi connectivity index (χ4v) is 2.79. The summed E-state index contributed by atoms with van der Waals surface area (Å²) in [4.78, 5) is 4.16. The fraction of sp³-hybridized carbons (Fsp3) is 0.381. The molecule has 0 heterocycles. The number of rotatable bonds is 10. The van der Waals surface area contributed by atoms with Crippen LogP contribution in [-0.4, -0.2) is 47.5 Å². The first-order chi connectivity index (χ1) is 14.5. The number of benzene rings is 2. The maximum absolute atomic E-state index is 12.7. The Hall–Kier alpha value is -2.50. The Morgan fingerprint density at radius 1 is 0.935 bits per heavy atom. The van der Waals surface area contributed by atoms with Gasteiger partial charge >= 0.3 is 6.61 Å². The summed E-state index contributed by atoms with van der Waals surface area (Å²) in [5, 5.41) is 6.28. The summed E-state index contributed by atoms with van der Waals surface area (Å²) in [6.45, 7) is -2.07. The van der Waals surface area contributed by atoms with E-state index in [1.54, 1.807) is 33.4 Å². The third kappa shape index (κ3) is 8.27. The lowest BCUT2D eigenvalue weighted by atomic mass is 10.1. The topological polar surface area (TPSA) is 73.3 Å². The van der Waals surface area contributed by atoms with Gasteiger partial charge in [-0.1, -0.05) is 6.07 Å². The van der Waals surface area contributed by atoms with Gasteiger partial charge in [0.15, 0.2) is 17.5 Å². The van der Waals surface area contributed by atoms with Gasteiger partial charge in [0.25, 0.3) is 0 Å². The Morgan fingerprint density at radius 3 is 2.26 bits per heavy atom. The number of methoxy groups -OCH3 is 3. The summed E-state index contributed by atoms with van der Waals surface area (Å²) in [7, 11) is 6.33. The number of ether oxygens (including phenoxy) is 4. The summed E-state index contributed by atoms with van der Waals surface area (Å²) in [5.74, 6) is 2.50. The highest BCUT2D eigenvalue weighted by atomic mass is 127. The Balaban J connectivity index is 0.00000480. The minimum absolute atomic E-state index is 0. The van der Waals surface area contributed by atoms with Crippen LogP contribution in [0.15, 0.2) is 41.4 Å². The van der Waals surface area contributed by atoms with Crippen molar-refractivity contribution in [3.05, 3.63) is 47.5 Å². The Labute approximate surface area is 198 Å². The summed E-state index contributed by atoms with van der Waals surface area (Å²) < 4.78 is 45.6. The van der Waals surface area contributed by atoms with Crippen molar-refractivity contribution in [3.63, 3.8) is 0 Å².